The summed E-state index contributed by atoms with van der Waals surface area (Å²) in [6.45, 7) is 7.44. The Bertz CT molecular complexity index is 573. The van der Waals surface area contributed by atoms with E-state index in [0.29, 0.717) is 0 Å². The molecule has 5 nitrogen and oxygen atoms in total. The molecule has 21 heavy (non-hydrogen) atoms. The molecule has 0 spiro atoms. The van der Waals surface area contributed by atoms with Crippen molar-refractivity contribution in [2.75, 3.05) is 12.8 Å². The standard InChI is InChI=1S/C14H19BFNO4/c1-13(2)14(3,4)21-15(20-13)9-6-8(12(18)19-5)7-10(17)11(9)16/h6-7H,17H2,1-5H3. The van der Waals surface area contributed by atoms with Gasteiger partial charge >= 0.3 is 13.1 Å². The van der Waals surface area contributed by atoms with Crippen LogP contribution in [-0.2, 0) is 14.0 Å². The summed E-state index contributed by atoms with van der Waals surface area (Å²) in [5.41, 5.74) is 4.50. The van der Waals surface area contributed by atoms with Gasteiger partial charge in [-0.3, -0.25) is 0 Å². The number of benzene rings is 1. The van der Waals surface area contributed by atoms with Crippen molar-refractivity contribution in [3.05, 3.63) is 23.5 Å². The first kappa shape index (κ1) is 15.8. The summed E-state index contributed by atoms with van der Waals surface area (Å²) >= 11 is 0. The van der Waals surface area contributed by atoms with Gasteiger partial charge in [0.05, 0.1) is 29.6 Å². The molecule has 0 amide bonds. The number of halogens is 1. The minimum atomic E-state index is -0.929. The van der Waals surface area contributed by atoms with E-state index in [1.807, 2.05) is 27.7 Å². The maximum atomic E-state index is 14.3. The summed E-state index contributed by atoms with van der Waals surface area (Å²) in [5.74, 6) is -1.25. The van der Waals surface area contributed by atoms with Crippen LogP contribution in [0.5, 0.6) is 0 Å². The van der Waals surface area contributed by atoms with E-state index in [9.17, 15) is 9.18 Å². The zero-order valence-corrected chi connectivity index (χ0v) is 12.8. The van der Waals surface area contributed by atoms with Crippen LogP contribution in [0.15, 0.2) is 12.1 Å². The van der Waals surface area contributed by atoms with Gasteiger partial charge in [0.1, 0.15) is 5.82 Å². The molecule has 0 unspecified atom stereocenters. The Hall–Kier alpha value is -1.60. The molecule has 1 heterocycles. The quantitative estimate of drug-likeness (QED) is 0.508. The van der Waals surface area contributed by atoms with Crippen LogP contribution in [0, 0.1) is 5.82 Å². The molecule has 114 valence electrons. The molecule has 1 aromatic carbocycles. The summed E-state index contributed by atoms with van der Waals surface area (Å²) in [6, 6.07) is 2.58. The summed E-state index contributed by atoms with van der Waals surface area (Å²) in [5, 5.41) is 0. The van der Waals surface area contributed by atoms with Gasteiger partial charge in [0, 0.05) is 5.46 Å². The highest BCUT2D eigenvalue weighted by Crippen LogP contribution is 2.36. The minimum Gasteiger partial charge on any atom is -0.465 e. The first-order valence-corrected chi connectivity index (χ1v) is 6.62. The minimum absolute atomic E-state index is 0.0917. The van der Waals surface area contributed by atoms with Gasteiger partial charge in [0.15, 0.2) is 0 Å². The molecule has 2 rings (SSSR count). The number of hydrogen-bond donors (Lipinski definition) is 1. The molecule has 0 radical (unpaired) electrons. The fourth-order valence-electron chi connectivity index (χ4n) is 2.05. The van der Waals surface area contributed by atoms with Crippen LogP contribution >= 0.6 is 0 Å². The van der Waals surface area contributed by atoms with E-state index < -0.39 is 30.1 Å². The molecule has 0 aromatic heterocycles. The highest BCUT2D eigenvalue weighted by Gasteiger charge is 2.52. The fraction of sp³-hybridized carbons (Fsp3) is 0.500. The Morgan fingerprint density at radius 2 is 1.76 bits per heavy atom. The molecule has 1 aromatic rings. The van der Waals surface area contributed by atoms with E-state index in [0.717, 1.165) is 0 Å². The molecule has 0 saturated carbocycles. The highest BCUT2D eigenvalue weighted by molar-refractivity contribution is 6.62. The van der Waals surface area contributed by atoms with Gasteiger partial charge in [-0.15, -0.1) is 0 Å². The zero-order chi connectivity index (χ0) is 16.0. The van der Waals surface area contributed by atoms with Gasteiger partial charge in [0.2, 0.25) is 0 Å². The number of nitrogens with two attached hydrogens (primary N) is 1. The van der Waals surface area contributed by atoms with Crippen molar-refractivity contribution >= 4 is 24.2 Å². The van der Waals surface area contributed by atoms with Crippen molar-refractivity contribution < 1.29 is 23.2 Å². The Morgan fingerprint density at radius 3 is 2.24 bits per heavy atom. The van der Waals surface area contributed by atoms with Gasteiger partial charge in [-0.05, 0) is 39.8 Å². The van der Waals surface area contributed by atoms with Gasteiger partial charge in [-0.25, -0.2) is 9.18 Å². The zero-order valence-electron chi connectivity index (χ0n) is 12.8. The smallest absolute Gasteiger partial charge is 0.465 e. The number of ether oxygens (including phenoxy) is 1. The van der Waals surface area contributed by atoms with E-state index in [1.165, 1.54) is 19.2 Å². The van der Waals surface area contributed by atoms with Crippen molar-refractivity contribution in [2.45, 2.75) is 38.9 Å². The van der Waals surface area contributed by atoms with Crippen LogP contribution in [0.25, 0.3) is 0 Å². The first-order valence-electron chi connectivity index (χ1n) is 6.62. The molecule has 0 aliphatic carbocycles. The Kier molecular flexibility index (Phi) is 3.76. The summed E-state index contributed by atoms with van der Waals surface area (Å²) in [7, 11) is 0.318. The Labute approximate surface area is 123 Å². The summed E-state index contributed by atoms with van der Waals surface area (Å²) in [4.78, 5) is 11.6. The summed E-state index contributed by atoms with van der Waals surface area (Å²) < 4.78 is 30.5. The van der Waals surface area contributed by atoms with Crippen LogP contribution in [0.1, 0.15) is 38.1 Å². The molecular weight excluding hydrogens is 276 g/mol. The monoisotopic (exact) mass is 295 g/mol. The van der Waals surface area contributed by atoms with Crippen LogP contribution in [0.3, 0.4) is 0 Å². The lowest BCUT2D eigenvalue weighted by Crippen LogP contribution is -2.41. The molecule has 1 aliphatic rings. The van der Waals surface area contributed by atoms with Gasteiger partial charge < -0.3 is 19.8 Å². The number of nitrogen functional groups attached to an aromatic ring is 1. The van der Waals surface area contributed by atoms with E-state index in [1.54, 1.807) is 0 Å². The lowest BCUT2D eigenvalue weighted by Gasteiger charge is -2.32. The van der Waals surface area contributed by atoms with Crippen LogP contribution in [0.4, 0.5) is 10.1 Å². The van der Waals surface area contributed by atoms with Crippen molar-refractivity contribution in [3.8, 4) is 0 Å². The normalized spacial score (nSPS) is 19.6. The van der Waals surface area contributed by atoms with E-state index >= 15 is 0 Å². The lowest BCUT2D eigenvalue weighted by molar-refractivity contribution is 0.00578. The molecule has 7 heteroatoms. The molecule has 2 N–H and O–H groups in total. The lowest BCUT2D eigenvalue weighted by atomic mass is 9.77. The maximum absolute atomic E-state index is 14.3. The largest absolute Gasteiger partial charge is 0.497 e. The number of rotatable bonds is 2. The molecule has 1 fully saturated rings. The van der Waals surface area contributed by atoms with Crippen LogP contribution in [0.2, 0.25) is 0 Å². The number of esters is 1. The van der Waals surface area contributed by atoms with Crippen molar-refractivity contribution in [3.63, 3.8) is 0 Å². The highest BCUT2D eigenvalue weighted by atomic mass is 19.1. The second kappa shape index (κ2) is 5.00. The van der Waals surface area contributed by atoms with Gasteiger partial charge in [-0.1, -0.05) is 0 Å². The van der Waals surface area contributed by atoms with Crippen molar-refractivity contribution in [1.82, 2.24) is 0 Å². The van der Waals surface area contributed by atoms with Crippen LogP contribution < -0.4 is 11.2 Å². The third-order valence-electron chi connectivity index (χ3n) is 4.06. The van der Waals surface area contributed by atoms with E-state index in [2.05, 4.69) is 4.74 Å². The predicted octanol–water partition coefficient (Wildman–Crippen LogP) is 1.49. The SMILES string of the molecule is COC(=O)c1cc(N)c(F)c(B2OC(C)(C)C(C)(C)O2)c1. The van der Waals surface area contributed by atoms with Crippen LogP contribution in [-0.4, -0.2) is 31.4 Å². The molecule has 1 aliphatic heterocycles. The average molecular weight is 295 g/mol. The number of carbonyl (C=O) groups excluding carboxylic acids is 1. The van der Waals surface area contributed by atoms with Gasteiger partial charge in [-0.2, -0.15) is 0 Å². The third kappa shape index (κ3) is 2.63. The number of methoxy groups -OCH3 is 1. The third-order valence-corrected chi connectivity index (χ3v) is 4.06. The molecule has 0 atom stereocenters. The van der Waals surface area contributed by atoms with Crippen molar-refractivity contribution in [1.29, 1.82) is 0 Å². The average Bonchev–Trinajstić information content (AvgIpc) is 2.60. The topological polar surface area (TPSA) is 70.8 Å². The predicted molar refractivity (Wildman–Crippen MR) is 77.9 cm³/mol. The van der Waals surface area contributed by atoms with E-state index in [4.69, 9.17) is 15.0 Å². The molecule has 0 bridgehead atoms. The molecular formula is C14H19BFNO4. The fourth-order valence-corrected chi connectivity index (χ4v) is 2.05. The summed E-state index contributed by atoms with van der Waals surface area (Å²) in [6.07, 6.45) is 0. The van der Waals surface area contributed by atoms with E-state index in [-0.39, 0.29) is 16.7 Å². The Morgan fingerprint density at radius 1 is 1.24 bits per heavy atom. The van der Waals surface area contributed by atoms with Gasteiger partial charge in [0.25, 0.3) is 0 Å². The van der Waals surface area contributed by atoms with Crippen molar-refractivity contribution in [2.24, 2.45) is 0 Å². The Balaban J connectivity index is 2.46. The number of carbonyl (C=O) groups is 1. The first-order chi connectivity index (χ1) is 9.59. The maximum Gasteiger partial charge on any atom is 0.497 e. The number of anilines is 1. The second-order valence-electron chi connectivity index (χ2n) is 6.05. The second-order valence-corrected chi connectivity index (χ2v) is 6.05. The molecule has 1 saturated heterocycles. The number of hydrogen-bond acceptors (Lipinski definition) is 5.